The number of aromatic nitrogens is 2. The fourth-order valence-electron chi connectivity index (χ4n) is 3.50. The van der Waals surface area contributed by atoms with E-state index in [2.05, 4.69) is 15.5 Å². The van der Waals surface area contributed by atoms with Crippen LogP contribution in [0.4, 0.5) is 18.9 Å². The van der Waals surface area contributed by atoms with Crippen molar-refractivity contribution in [2.75, 3.05) is 18.4 Å². The molecule has 0 spiro atoms. The van der Waals surface area contributed by atoms with Crippen molar-refractivity contribution in [1.29, 1.82) is 0 Å². The SMILES string of the molecule is O=C(Nc1ccccc1C(F)(F)F)C1CCCN(Cc2nc(-c3cccs3)no2)C1. The highest BCUT2D eigenvalue weighted by molar-refractivity contribution is 7.13. The molecule has 2 aromatic heterocycles. The van der Waals surface area contributed by atoms with E-state index < -0.39 is 23.6 Å². The van der Waals surface area contributed by atoms with Gasteiger partial charge in [-0.1, -0.05) is 23.4 Å². The minimum absolute atomic E-state index is 0.218. The van der Waals surface area contributed by atoms with Crippen molar-refractivity contribution in [3.8, 4) is 10.7 Å². The topological polar surface area (TPSA) is 71.3 Å². The Morgan fingerprint density at radius 1 is 1.27 bits per heavy atom. The molecule has 1 aliphatic rings. The second kappa shape index (κ2) is 8.57. The Bertz CT molecular complexity index is 1000. The molecule has 0 bridgehead atoms. The van der Waals surface area contributed by atoms with Gasteiger partial charge in [0.2, 0.25) is 17.6 Å². The molecule has 1 unspecified atom stereocenters. The monoisotopic (exact) mass is 436 g/mol. The minimum atomic E-state index is -4.53. The molecule has 1 fully saturated rings. The van der Waals surface area contributed by atoms with Gasteiger partial charge in [-0.25, -0.2) is 0 Å². The van der Waals surface area contributed by atoms with Gasteiger partial charge in [0.05, 0.1) is 28.6 Å². The molecule has 4 rings (SSSR count). The maximum Gasteiger partial charge on any atom is 0.418 e. The second-order valence-electron chi connectivity index (χ2n) is 7.10. The van der Waals surface area contributed by atoms with Crippen LogP contribution in [-0.2, 0) is 17.5 Å². The van der Waals surface area contributed by atoms with Crippen LogP contribution in [0.1, 0.15) is 24.3 Å². The third-order valence-corrected chi connectivity index (χ3v) is 5.80. The maximum atomic E-state index is 13.2. The Hall–Kier alpha value is -2.72. The summed E-state index contributed by atoms with van der Waals surface area (Å²) in [6.45, 7) is 1.55. The molecule has 1 N–H and O–H groups in total. The van der Waals surface area contributed by atoms with E-state index >= 15 is 0 Å². The van der Waals surface area contributed by atoms with Crippen LogP contribution >= 0.6 is 11.3 Å². The summed E-state index contributed by atoms with van der Waals surface area (Å²) in [7, 11) is 0. The number of alkyl halides is 3. The Morgan fingerprint density at radius 3 is 2.87 bits per heavy atom. The van der Waals surface area contributed by atoms with Crippen LogP contribution in [0.15, 0.2) is 46.3 Å². The number of nitrogens with one attached hydrogen (secondary N) is 1. The minimum Gasteiger partial charge on any atom is -0.338 e. The number of hydrogen-bond donors (Lipinski definition) is 1. The van der Waals surface area contributed by atoms with E-state index in [1.165, 1.54) is 29.5 Å². The Balaban J connectivity index is 1.39. The smallest absolute Gasteiger partial charge is 0.338 e. The molecule has 30 heavy (non-hydrogen) atoms. The molecule has 1 atom stereocenters. The highest BCUT2D eigenvalue weighted by Crippen LogP contribution is 2.35. The summed E-state index contributed by atoms with van der Waals surface area (Å²) in [6, 6.07) is 8.81. The molecule has 10 heteroatoms. The number of amides is 1. The number of rotatable bonds is 5. The van der Waals surface area contributed by atoms with E-state index in [0.717, 1.165) is 23.9 Å². The van der Waals surface area contributed by atoms with E-state index in [9.17, 15) is 18.0 Å². The van der Waals surface area contributed by atoms with E-state index in [-0.39, 0.29) is 5.69 Å². The van der Waals surface area contributed by atoms with Gasteiger partial charge in [-0.05, 0) is 43.0 Å². The molecule has 0 saturated carbocycles. The first-order chi connectivity index (χ1) is 14.4. The predicted molar refractivity (Wildman–Crippen MR) is 106 cm³/mol. The van der Waals surface area contributed by atoms with E-state index in [1.54, 1.807) is 0 Å². The van der Waals surface area contributed by atoms with Crippen LogP contribution in [0.5, 0.6) is 0 Å². The van der Waals surface area contributed by atoms with Crippen molar-refractivity contribution in [1.82, 2.24) is 15.0 Å². The number of hydrogen-bond acceptors (Lipinski definition) is 6. The van der Waals surface area contributed by atoms with Crippen molar-refractivity contribution < 1.29 is 22.5 Å². The first-order valence-electron chi connectivity index (χ1n) is 9.46. The largest absolute Gasteiger partial charge is 0.418 e. The van der Waals surface area contributed by atoms with Crippen molar-refractivity contribution in [3.63, 3.8) is 0 Å². The van der Waals surface area contributed by atoms with Crippen LogP contribution in [0.2, 0.25) is 0 Å². The molecule has 1 amide bonds. The Morgan fingerprint density at radius 2 is 2.10 bits per heavy atom. The van der Waals surface area contributed by atoms with Crippen LogP contribution in [0.25, 0.3) is 10.7 Å². The zero-order valence-electron chi connectivity index (χ0n) is 15.9. The number of nitrogens with zero attached hydrogens (tertiary/aromatic N) is 3. The summed E-state index contributed by atoms with van der Waals surface area (Å²) in [6.07, 6.45) is -3.16. The highest BCUT2D eigenvalue weighted by atomic mass is 32.1. The van der Waals surface area contributed by atoms with Gasteiger partial charge >= 0.3 is 6.18 Å². The number of carbonyl (C=O) groups excluding carboxylic acids is 1. The second-order valence-corrected chi connectivity index (χ2v) is 8.04. The van der Waals surface area contributed by atoms with Crippen LogP contribution in [0, 0.1) is 5.92 Å². The van der Waals surface area contributed by atoms with Gasteiger partial charge in [0.15, 0.2) is 0 Å². The normalized spacial score (nSPS) is 17.8. The van der Waals surface area contributed by atoms with E-state index in [4.69, 9.17) is 4.52 Å². The molecule has 6 nitrogen and oxygen atoms in total. The average molecular weight is 436 g/mol. The summed E-state index contributed by atoms with van der Waals surface area (Å²) < 4.78 is 44.8. The lowest BCUT2D eigenvalue weighted by molar-refractivity contribution is -0.137. The van der Waals surface area contributed by atoms with Gasteiger partial charge in [-0.15, -0.1) is 11.3 Å². The summed E-state index contributed by atoms with van der Waals surface area (Å²) in [4.78, 5) is 20.0. The quantitative estimate of drug-likeness (QED) is 0.630. The van der Waals surface area contributed by atoms with Crippen molar-refractivity contribution in [2.24, 2.45) is 5.92 Å². The molecule has 0 aliphatic carbocycles. The van der Waals surface area contributed by atoms with Crippen LogP contribution in [0.3, 0.4) is 0 Å². The molecule has 1 saturated heterocycles. The summed E-state index contributed by atoms with van der Waals surface area (Å²) in [5.41, 5.74) is -1.07. The molecule has 3 heterocycles. The van der Waals surface area contributed by atoms with Gasteiger partial charge in [0.1, 0.15) is 0 Å². The number of carbonyl (C=O) groups is 1. The van der Waals surface area contributed by atoms with E-state index in [0.29, 0.717) is 31.2 Å². The summed E-state index contributed by atoms with van der Waals surface area (Å²) in [5.74, 6) is 0.137. The fourth-order valence-corrected chi connectivity index (χ4v) is 4.15. The van der Waals surface area contributed by atoms with E-state index in [1.807, 2.05) is 22.4 Å². The first kappa shape index (κ1) is 20.5. The maximum absolute atomic E-state index is 13.2. The molecule has 1 aliphatic heterocycles. The number of likely N-dealkylation sites (tertiary alicyclic amines) is 1. The molecule has 158 valence electrons. The standard InChI is InChI=1S/C20H19F3N4O2S/c21-20(22,23)14-6-1-2-7-15(14)24-19(28)13-5-3-9-27(11-13)12-17-25-18(26-29-17)16-8-4-10-30-16/h1-2,4,6-8,10,13H,3,5,9,11-12H2,(H,24,28). The lowest BCUT2D eigenvalue weighted by Crippen LogP contribution is -2.40. The molecule has 1 aromatic carbocycles. The molecule has 0 radical (unpaired) electrons. The van der Waals surface area contributed by atoms with Gasteiger partial charge in [-0.2, -0.15) is 18.2 Å². The average Bonchev–Trinajstić information content (AvgIpc) is 3.39. The summed E-state index contributed by atoms with van der Waals surface area (Å²) in [5, 5.41) is 8.36. The predicted octanol–water partition coefficient (Wildman–Crippen LogP) is 4.67. The van der Waals surface area contributed by atoms with Gasteiger partial charge in [0.25, 0.3) is 0 Å². The molecule has 3 aromatic rings. The first-order valence-corrected chi connectivity index (χ1v) is 10.3. The number of benzene rings is 1. The number of thiophene rings is 1. The Labute approximate surface area is 174 Å². The molecular formula is C20H19F3N4O2S. The zero-order chi connectivity index (χ0) is 21.1. The number of para-hydroxylation sites is 1. The van der Waals surface area contributed by atoms with Crippen LogP contribution < -0.4 is 5.32 Å². The van der Waals surface area contributed by atoms with Gasteiger partial charge in [-0.3, -0.25) is 9.69 Å². The highest BCUT2D eigenvalue weighted by Gasteiger charge is 2.34. The molecular weight excluding hydrogens is 417 g/mol. The number of halogens is 3. The third-order valence-electron chi connectivity index (χ3n) is 4.94. The number of piperidine rings is 1. The third kappa shape index (κ3) is 4.71. The Kier molecular flexibility index (Phi) is 5.87. The van der Waals surface area contributed by atoms with Gasteiger partial charge < -0.3 is 9.84 Å². The van der Waals surface area contributed by atoms with Crippen molar-refractivity contribution in [2.45, 2.75) is 25.6 Å². The lowest BCUT2D eigenvalue weighted by atomic mass is 9.97. The van der Waals surface area contributed by atoms with Crippen LogP contribution in [-0.4, -0.2) is 34.0 Å². The summed E-state index contributed by atoms with van der Waals surface area (Å²) >= 11 is 1.51. The number of anilines is 1. The van der Waals surface area contributed by atoms with Crippen molar-refractivity contribution >= 4 is 22.9 Å². The zero-order valence-corrected chi connectivity index (χ0v) is 16.7. The van der Waals surface area contributed by atoms with Crippen molar-refractivity contribution in [3.05, 3.63) is 53.2 Å². The fraction of sp³-hybridized carbons (Fsp3) is 0.350. The van der Waals surface area contributed by atoms with Gasteiger partial charge in [0, 0.05) is 6.54 Å². The lowest BCUT2D eigenvalue weighted by Gasteiger charge is -2.31.